The van der Waals surface area contributed by atoms with Crippen LogP contribution >= 0.6 is 11.6 Å². The van der Waals surface area contributed by atoms with E-state index in [1.807, 2.05) is 0 Å². The minimum absolute atomic E-state index is 0.00473. The van der Waals surface area contributed by atoms with Crippen molar-refractivity contribution in [2.45, 2.75) is 24.7 Å². The summed E-state index contributed by atoms with van der Waals surface area (Å²) in [5.41, 5.74) is -0.836. The lowest BCUT2D eigenvalue weighted by Crippen LogP contribution is -2.37. The van der Waals surface area contributed by atoms with Gasteiger partial charge in [-0.05, 0) is 18.2 Å². The summed E-state index contributed by atoms with van der Waals surface area (Å²) in [7, 11) is 1.16. The van der Waals surface area contributed by atoms with E-state index in [1.54, 1.807) is 0 Å². The Balaban J connectivity index is 1.70. The van der Waals surface area contributed by atoms with E-state index in [0.29, 0.717) is 0 Å². The molecule has 0 radical (unpaired) electrons. The lowest BCUT2D eigenvalue weighted by atomic mass is 10.1. The van der Waals surface area contributed by atoms with E-state index in [9.17, 15) is 34.2 Å². The van der Waals surface area contributed by atoms with Gasteiger partial charge in [0.2, 0.25) is 0 Å². The zero-order valence-corrected chi connectivity index (χ0v) is 18.0. The lowest BCUT2D eigenvalue weighted by molar-refractivity contribution is -0.385. The molecule has 0 bridgehead atoms. The molecule has 14 heteroatoms. The van der Waals surface area contributed by atoms with Crippen LogP contribution < -0.4 is 0 Å². The molecular formula is C20H16ClFN2O10. The fourth-order valence-corrected chi connectivity index (χ4v) is 3.33. The van der Waals surface area contributed by atoms with Gasteiger partial charge in [-0.2, -0.15) is 0 Å². The Labute approximate surface area is 195 Å². The fourth-order valence-electron chi connectivity index (χ4n) is 3.08. The SMILES string of the molecule is COC1O[C@H](COC(=O)c2ccc([N+](=O)[O-])cc2)[C@@H](OC(=O)c2ccc([N+](=O)[O-])cc2Cl)[C@@H]1F. The van der Waals surface area contributed by atoms with E-state index in [-0.39, 0.29) is 27.5 Å². The van der Waals surface area contributed by atoms with Gasteiger partial charge >= 0.3 is 11.9 Å². The average molecular weight is 499 g/mol. The lowest BCUT2D eigenvalue weighted by Gasteiger charge is -2.20. The number of nitro benzene ring substituents is 2. The number of nitrogens with zero attached hydrogens (tertiary/aromatic N) is 2. The molecule has 0 amide bonds. The number of carbonyl (C=O) groups excluding carboxylic acids is 2. The maximum atomic E-state index is 14.8. The molecule has 0 saturated carbocycles. The average Bonchev–Trinajstić information content (AvgIpc) is 3.11. The van der Waals surface area contributed by atoms with Crippen LogP contribution in [-0.4, -0.2) is 60.2 Å². The van der Waals surface area contributed by atoms with E-state index < -0.39 is 53.1 Å². The Kier molecular flexibility index (Phi) is 7.71. The summed E-state index contributed by atoms with van der Waals surface area (Å²) in [5, 5.41) is 21.3. The van der Waals surface area contributed by atoms with E-state index >= 15 is 0 Å². The van der Waals surface area contributed by atoms with Crippen LogP contribution in [0.5, 0.6) is 0 Å². The van der Waals surface area contributed by atoms with Crippen LogP contribution in [0.25, 0.3) is 0 Å². The van der Waals surface area contributed by atoms with Crippen LogP contribution in [0.1, 0.15) is 20.7 Å². The third-order valence-electron chi connectivity index (χ3n) is 4.80. The summed E-state index contributed by atoms with van der Waals surface area (Å²) in [6, 6.07) is 7.61. The summed E-state index contributed by atoms with van der Waals surface area (Å²) in [5.74, 6) is -1.96. The number of esters is 2. The molecule has 0 spiro atoms. The highest BCUT2D eigenvalue weighted by Crippen LogP contribution is 2.30. The second kappa shape index (κ2) is 10.5. The van der Waals surface area contributed by atoms with Crippen LogP contribution in [0.2, 0.25) is 5.02 Å². The van der Waals surface area contributed by atoms with Crippen molar-refractivity contribution in [3.05, 3.63) is 78.8 Å². The van der Waals surface area contributed by atoms with Gasteiger partial charge in [-0.1, -0.05) is 11.6 Å². The van der Waals surface area contributed by atoms with Crippen molar-refractivity contribution in [2.24, 2.45) is 0 Å². The van der Waals surface area contributed by atoms with Gasteiger partial charge in [0.1, 0.15) is 12.7 Å². The Morgan fingerprint density at radius 1 is 1.06 bits per heavy atom. The molecule has 3 rings (SSSR count). The third-order valence-corrected chi connectivity index (χ3v) is 5.11. The summed E-state index contributed by atoms with van der Waals surface area (Å²) in [4.78, 5) is 45.0. The smallest absolute Gasteiger partial charge is 0.340 e. The third kappa shape index (κ3) is 5.44. The van der Waals surface area contributed by atoms with Crippen LogP contribution in [0, 0.1) is 20.2 Å². The molecule has 1 aliphatic rings. The molecule has 4 atom stereocenters. The molecule has 1 unspecified atom stereocenters. The van der Waals surface area contributed by atoms with Crippen molar-refractivity contribution in [1.29, 1.82) is 0 Å². The molecule has 2 aromatic carbocycles. The molecule has 1 aliphatic heterocycles. The van der Waals surface area contributed by atoms with Crippen LogP contribution in [-0.2, 0) is 18.9 Å². The van der Waals surface area contributed by atoms with E-state index in [0.717, 1.165) is 37.4 Å². The van der Waals surface area contributed by atoms with Gasteiger partial charge in [-0.3, -0.25) is 20.2 Å². The van der Waals surface area contributed by atoms with Gasteiger partial charge in [0.15, 0.2) is 18.6 Å². The molecule has 2 aromatic rings. The van der Waals surface area contributed by atoms with Gasteiger partial charge in [0.05, 0.1) is 26.0 Å². The Hall–Kier alpha value is -3.68. The van der Waals surface area contributed by atoms with Crippen molar-refractivity contribution < 1.29 is 42.8 Å². The van der Waals surface area contributed by atoms with Gasteiger partial charge in [0.25, 0.3) is 11.4 Å². The number of ether oxygens (including phenoxy) is 4. The summed E-state index contributed by atoms with van der Waals surface area (Å²) in [6.07, 6.45) is -6.20. The molecule has 1 fully saturated rings. The maximum absolute atomic E-state index is 14.8. The first-order valence-electron chi connectivity index (χ1n) is 9.51. The molecule has 180 valence electrons. The number of alkyl halides is 1. The molecule has 0 aromatic heterocycles. The highest BCUT2D eigenvalue weighted by atomic mass is 35.5. The maximum Gasteiger partial charge on any atom is 0.340 e. The molecule has 1 saturated heterocycles. The topological polar surface area (TPSA) is 157 Å². The molecule has 0 aliphatic carbocycles. The predicted molar refractivity (Wildman–Crippen MR) is 111 cm³/mol. The normalized spacial score (nSPS) is 21.6. The Morgan fingerprint density at radius 2 is 1.68 bits per heavy atom. The van der Waals surface area contributed by atoms with E-state index in [1.165, 1.54) is 12.1 Å². The molecule has 0 N–H and O–H groups in total. The number of non-ortho nitro benzene ring substituents is 2. The second-order valence-electron chi connectivity index (χ2n) is 6.92. The molecule has 1 heterocycles. The number of nitro groups is 2. The minimum atomic E-state index is -1.95. The van der Waals surface area contributed by atoms with Crippen molar-refractivity contribution in [3.63, 3.8) is 0 Å². The number of benzene rings is 2. The first kappa shape index (κ1) is 25.0. The molecule has 34 heavy (non-hydrogen) atoms. The minimum Gasteiger partial charge on any atom is -0.459 e. The van der Waals surface area contributed by atoms with Crippen molar-refractivity contribution in [1.82, 2.24) is 0 Å². The molecule has 12 nitrogen and oxygen atoms in total. The fraction of sp³-hybridized carbons (Fsp3) is 0.300. The quantitative estimate of drug-likeness (QED) is 0.300. The standard InChI is InChI=1S/C20H16ClFN2O10/c1-31-20-16(22)17(34-19(26)13-7-6-12(24(29)30)8-14(13)21)15(33-20)9-32-18(25)10-2-4-11(5-3-10)23(27)28/h2-8,15-17,20H,9H2,1H3/t15-,16+,17-,20?/m1/s1. The predicted octanol–water partition coefficient (Wildman–Crippen LogP) is 3.25. The first-order valence-corrected chi connectivity index (χ1v) is 9.89. The van der Waals surface area contributed by atoms with Crippen LogP contribution in [0.4, 0.5) is 15.8 Å². The summed E-state index contributed by atoms with van der Waals surface area (Å²) >= 11 is 5.92. The Bertz CT molecular complexity index is 1110. The Morgan fingerprint density at radius 3 is 2.24 bits per heavy atom. The highest BCUT2D eigenvalue weighted by molar-refractivity contribution is 6.33. The van der Waals surface area contributed by atoms with Gasteiger partial charge in [-0.25, -0.2) is 14.0 Å². The van der Waals surface area contributed by atoms with Crippen LogP contribution in [0.15, 0.2) is 42.5 Å². The van der Waals surface area contributed by atoms with Crippen molar-refractivity contribution >= 4 is 34.9 Å². The van der Waals surface area contributed by atoms with Crippen LogP contribution in [0.3, 0.4) is 0 Å². The second-order valence-corrected chi connectivity index (χ2v) is 7.32. The summed E-state index contributed by atoms with van der Waals surface area (Å²) in [6.45, 7) is -0.540. The van der Waals surface area contributed by atoms with Gasteiger partial charge in [-0.15, -0.1) is 0 Å². The largest absolute Gasteiger partial charge is 0.459 e. The number of rotatable bonds is 8. The van der Waals surface area contributed by atoms with Gasteiger partial charge < -0.3 is 18.9 Å². The van der Waals surface area contributed by atoms with Gasteiger partial charge in [0, 0.05) is 31.4 Å². The summed E-state index contributed by atoms with van der Waals surface area (Å²) < 4.78 is 35.2. The zero-order chi connectivity index (χ0) is 25.0. The number of carbonyl (C=O) groups is 2. The van der Waals surface area contributed by atoms with Crippen molar-refractivity contribution in [3.8, 4) is 0 Å². The van der Waals surface area contributed by atoms with E-state index in [4.69, 9.17) is 30.5 Å². The van der Waals surface area contributed by atoms with Crippen molar-refractivity contribution in [2.75, 3.05) is 13.7 Å². The number of halogens is 2. The highest BCUT2D eigenvalue weighted by Gasteiger charge is 2.49. The number of hydrogen-bond acceptors (Lipinski definition) is 10. The number of hydrogen-bond donors (Lipinski definition) is 0. The zero-order valence-electron chi connectivity index (χ0n) is 17.3. The monoisotopic (exact) mass is 498 g/mol. The number of methoxy groups -OCH3 is 1. The molecular weight excluding hydrogens is 483 g/mol. The van der Waals surface area contributed by atoms with E-state index in [2.05, 4.69) is 0 Å². The first-order chi connectivity index (χ1) is 16.1.